The van der Waals surface area contributed by atoms with Gasteiger partial charge in [0.25, 0.3) is 0 Å². The second-order valence-corrected chi connectivity index (χ2v) is 5.03. The molecular formula is C13H18Cl2N2O. The van der Waals surface area contributed by atoms with Crippen LogP contribution < -0.4 is 10.2 Å². The third-order valence-corrected chi connectivity index (χ3v) is 3.68. The summed E-state index contributed by atoms with van der Waals surface area (Å²) >= 11 is 11.9. The molecule has 0 saturated carbocycles. The molecule has 0 aliphatic rings. The Bertz CT molecular complexity index is 399. The maximum Gasteiger partial charge on any atom is 0.133 e. The summed E-state index contributed by atoms with van der Waals surface area (Å²) in [6.45, 7) is 3.35. The van der Waals surface area contributed by atoms with Gasteiger partial charge < -0.3 is 15.0 Å². The monoisotopic (exact) mass is 288 g/mol. The summed E-state index contributed by atoms with van der Waals surface area (Å²) in [5.41, 5.74) is 1.03. The molecule has 5 heteroatoms. The van der Waals surface area contributed by atoms with Crippen LogP contribution in [-0.4, -0.2) is 32.5 Å². The molecule has 100 valence electrons. The van der Waals surface area contributed by atoms with Gasteiger partial charge in [-0.2, -0.15) is 0 Å². The fourth-order valence-electron chi connectivity index (χ4n) is 1.62. The van der Waals surface area contributed by atoms with Gasteiger partial charge in [-0.15, -0.1) is 0 Å². The van der Waals surface area contributed by atoms with Gasteiger partial charge in [-0.05, 0) is 38.1 Å². The zero-order valence-corrected chi connectivity index (χ0v) is 12.1. The first-order valence-electron chi connectivity index (χ1n) is 5.88. The summed E-state index contributed by atoms with van der Waals surface area (Å²) in [6, 6.07) is 5.96. The molecule has 0 aromatic heterocycles. The lowest BCUT2D eigenvalue weighted by Gasteiger charge is -2.27. The van der Waals surface area contributed by atoms with Gasteiger partial charge in [0.2, 0.25) is 0 Å². The van der Waals surface area contributed by atoms with E-state index in [1.165, 1.54) is 0 Å². The first-order chi connectivity index (χ1) is 8.56. The third-order valence-electron chi connectivity index (χ3n) is 2.94. The molecule has 3 nitrogen and oxygen atoms in total. The summed E-state index contributed by atoms with van der Waals surface area (Å²) in [7, 11) is 2.02. The highest BCUT2D eigenvalue weighted by Gasteiger charge is 2.10. The van der Waals surface area contributed by atoms with Crippen LogP contribution in [0.15, 0.2) is 18.2 Å². The van der Waals surface area contributed by atoms with Crippen LogP contribution in [0.25, 0.3) is 0 Å². The van der Waals surface area contributed by atoms with Crippen LogP contribution in [0.3, 0.4) is 0 Å². The largest absolute Gasteiger partial charge is 0.372 e. The van der Waals surface area contributed by atoms with Crippen LogP contribution in [0.2, 0.25) is 10.0 Å². The van der Waals surface area contributed by atoms with Crippen molar-refractivity contribution in [3.8, 4) is 0 Å². The molecule has 0 saturated heterocycles. The highest BCUT2D eigenvalue weighted by Crippen LogP contribution is 2.27. The molecule has 0 aliphatic carbocycles. The van der Waals surface area contributed by atoms with Gasteiger partial charge in [-0.1, -0.05) is 23.2 Å². The van der Waals surface area contributed by atoms with Gasteiger partial charge in [-0.3, -0.25) is 0 Å². The highest BCUT2D eigenvalue weighted by atomic mass is 35.5. The summed E-state index contributed by atoms with van der Waals surface area (Å²) in [4.78, 5) is 12.3. The van der Waals surface area contributed by atoms with Gasteiger partial charge >= 0.3 is 0 Å². The molecule has 0 radical (unpaired) electrons. The lowest BCUT2D eigenvalue weighted by Crippen LogP contribution is -2.32. The second kappa shape index (κ2) is 7.62. The van der Waals surface area contributed by atoms with Crippen LogP contribution in [0.5, 0.6) is 0 Å². The number of anilines is 1. The SMILES string of the molecule is CC(CCNCC=O)N(C)c1ccc(Cl)c(Cl)c1. The van der Waals surface area contributed by atoms with Crippen molar-refractivity contribution in [1.82, 2.24) is 5.32 Å². The molecule has 0 heterocycles. The molecule has 0 fully saturated rings. The Morgan fingerprint density at radius 2 is 2.11 bits per heavy atom. The van der Waals surface area contributed by atoms with E-state index in [-0.39, 0.29) is 0 Å². The van der Waals surface area contributed by atoms with Crippen LogP contribution >= 0.6 is 23.2 Å². The Kier molecular flexibility index (Phi) is 6.47. The summed E-state index contributed by atoms with van der Waals surface area (Å²) in [5.74, 6) is 0. The Morgan fingerprint density at radius 3 is 2.72 bits per heavy atom. The van der Waals surface area contributed by atoms with Crippen molar-refractivity contribution < 1.29 is 4.79 Å². The molecule has 1 rings (SSSR count). The molecular weight excluding hydrogens is 271 g/mol. The molecule has 0 aliphatic heterocycles. The molecule has 1 unspecified atom stereocenters. The van der Waals surface area contributed by atoms with E-state index in [9.17, 15) is 4.79 Å². The third kappa shape index (κ3) is 4.48. The lowest BCUT2D eigenvalue weighted by atomic mass is 10.2. The Morgan fingerprint density at radius 1 is 1.39 bits per heavy atom. The Hall–Kier alpha value is -0.770. The van der Waals surface area contributed by atoms with E-state index in [0.717, 1.165) is 24.9 Å². The number of carbonyl (C=O) groups is 1. The van der Waals surface area contributed by atoms with E-state index < -0.39 is 0 Å². The van der Waals surface area contributed by atoms with Gasteiger partial charge in [-0.25, -0.2) is 0 Å². The summed E-state index contributed by atoms with van der Waals surface area (Å²) in [5, 5.41) is 4.18. The van der Waals surface area contributed by atoms with Crippen molar-refractivity contribution in [3.63, 3.8) is 0 Å². The molecule has 1 aromatic rings. The molecule has 1 N–H and O–H groups in total. The standard InChI is InChI=1S/C13H18Cl2N2O/c1-10(5-6-16-7-8-18)17(2)11-3-4-12(14)13(15)9-11/h3-4,8-10,16H,5-7H2,1-2H3. The van der Waals surface area contributed by atoms with Crippen LogP contribution in [0.1, 0.15) is 13.3 Å². The van der Waals surface area contributed by atoms with E-state index in [1.807, 2.05) is 19.2 Å². The normalized spacial score (nSPS) is 12.2. The number of hydrogen-bond donors (Lipinski definition) is 1. The topological polar surface area (TPSA) is 32.3 Å². The average molecular weight is 289 g/mol. The van der Waals surface area contributed by atoms with Crippen molar-refractivity contribution in [3.05, 3.63) is 28.2 Å². The number of rotatable bonds is 7. The van der Waals surface area contributed by atoms with Crippen molar-refractivity contribution in [2.75, 3.05) is 25.0 Å². The molecule has 1 aromatic carbocycles. The first kappa shape index (κ1) is 15.3. The van der Waals surface area contributed by atoms with Gasteiger partial charge in [0, 0.05) is 18.8 Å². The van der Waals surface area contributed by atoms with E-state index in [1.54, 1.807) is 6.07 Å². The van der Waals surface area contributed by atoms with Crippen molar-refractivity contribution in [2.45, 2.75) is 19.4 Å². The van der Waals surface area contributed by atoms with E-state index in [2.05, 4.69) is 17.1 Å². The predicted molar refractivity (Wildman–Crippen MR) is 77.9 cm³/mol. The minimum atomic E-state index is 0.349. The number of nitrogens with zero attached hydrogens (tertiary/aromatic N) is 1. The Labute approximate surface area is 118 Å². The number of nitrogens with one attached hydrogen (secondary N) is 1. The number of carbonyl (C=O) groups excluding carboxylic acids is 1. The van der Waals surface area contributed by atoms with E-state index in [0.29, 0.717) is 22.6 Å². The molecule has 0 bridgehead atoms. The van der Waals surface area contributed by atoms with Gasteiger partial charge in [0.1, 0.15) is 6.29 Å². The number of aldehydes is 1. The first-order valence-corrected chi connectivity index (χ1v) is 6.64. The minimum absolute atomic E-state index is 0.349. The fourth-order valence-corrected chi connectivity index (χ4v) is 1.92. The van der Waals surface area contributed by atoms with Crippen molar-refractivity contribution in [2.24, 2.45) is 0 Å². The fraction of sp³-hybridized carbons (Fsp3) is 0.462. The smallest absolute Gasteiger partial charge is 0.133 e. The second-order valence-electron chi connectivity index (χ2n) is 4.22. The summed E-state index contributed by atoms with van der Waals surface area (Å²) in [6.07, 6.45) is 1.82. The van der Waals surface area contributed by atoms with Crippen molar-refractivity contribution >= 4 is 35.2 Å². The lowest BCUT2D eigenvalue weighted by molar-refractivity contribution is -0.107. The number of halogens is 2. The molecule has 0 spiro atoms. The Balaban J connectivity index is 2.54. The number of benzene rings is 1. The van der Waals surface area contributed by atoms with E-state index in [4.69, 9.17) is 23.2 Å². The van der Waals surface area contributed by atoms with Crippen LogP contribution in [-0.2, 0) is 4.79 Å². The van der Waals surface area contributed by atoms with Gasteiger partial charge in [0.05, 0.1) is 16.6 Å². The molecule has 0 amide bonds. The highest BCUT2D eigenvalue weighted by molar-refractivity contribution is 6.42. The van der Waals surface area contributed by atoms with Crippen molar-refractivity contribution in [1.29, 1.82) is 0 Å². The summed E-state index contributed by atoms with van der Waals surface area (Å²) < 4.78 is 0. The van der Waals surface area contributed by atoms with Gasteiger partial charge in [0.15, 0.2) is 0 Å². The number of hydrogen-bond acceptors (Lipinski definition) is 3. The van der Waals surface area contributed by atoms with Crippen LogP contribution in [0.4, 0.5) is 5.69 Å². The van der Waals surface area contributed by atoms with Crippen LogP contribution in [0, 0.1) is 0 Å². The quantitative estimate of drug-likeness (QED) is 0.618. The predicted octanol–water partition coefficient (Wildman–Crippen LogP) is 3.00. The maximum atomic E-state index is 10.2. The maximum absolute atomic E-state index is 10.2. The molecule has 1 atom stereocenters. The zero-order chi connectivity index (χ0) is 13.5. The zero-order valence-electron chi connectivity index (χ0n) is 10.6. The molecule has 18 heavy (non-hydrogen) atoms. The van der Waals surface area contributed by atoms with E-state index >= 15 is 0 Å². The minimum Gasteiger partial charge on any atom is -0.372 e. The average Bonchev–Trinajstić information content (AvgIpc) is 2.37.